The number of halogens is 2. The zero-order chi connectivity index (χ0) is 13.7. The number of hydrogen-bond acceptors (Lipinski definition) is 2. The maximum absolute atomic E-state index is 12.7. The Morgan fingerprint density at radius 3 is 2.84 bits per heavy atom. The van der Waals surface area contributed by atoms with Crippen LogP contribution in [0.5, 0.6) is 0 Å². The van der Waals surface area contributed by atoms with Gasteiger partial charge in [0.15, 0.2) is 0 Å². The molecule has 0 atom stereocenters. The molecular formula is C14H17F2N3. The van der Waals surface area contributed by atoms with E-state index >= 15 is 0 Å². The number of nitrogens with zero attached hydrogens (tertiary/aromatic N) is 2. The Labute approximate surface area is 111 Å². The lowest BCUT2D eigenvalue weighted by atomic mass is 10.1. The van der Waals surface area contributed by atoms with E-state index in [1.165, 1.54) is 18.0 Å². The zero-order valence-corrected chi connectivity index (χ0v) is 10.8. The molecule has 0 saturated carbocycles. The minimum Gasteiger partial charge on any atom is -0.378 e. The summed E-state index contributed by atoms with van der Waals surface area (Å²) in [6.45, 7) is -0.150. The van der Waals surface area contributed by atoms with E-state index in [-0.39, 0.29) is 6.54 Å². The number of alkyl halides is 2. The lowest BCUT2D eigenvalue weighted by Crippen LogP contribution is -2.10. The molecule has 0 aliphatic rings. The largest absolute Gasteiger partial charge is 0.378 e. The fourth-order valence-corrected chi connectivity index (χ4v) is 2.01. The average molecular weight is 265 g/mol. The van der Waals surface area contributed by atoms with Crippen molar-refractivity contribution >= 4 is 5.69 Å². The van der Waals surface area contributed by atoms with Gasteiger partial charge < -0.3 is 5.32 Å². The molecule has 0 fully saturated rings. The molecule has 3 nitrogen and oxygen atoms in total. The number of nitrogens with one attached hydrogen (secondary N) is 1. The third-order valence-corrected chi connectivity index (χ3v) is 2.93. The van der Waals surface area contributed by atoms with E-state index in [9.17, 15) is 8.78 Å². The predicted molar refractivity (Wildman–Crippen MR) is 71.2 cm³/mol. The van der Waals surface area contributed by atoms with Crippen molar-refractivity contribution in [3.05, 3.63) is 48.0 Å². The second kappa shape index (κ2) is 6.31. The summed E-state index contributed by atoms with van der Waals surface area (Å²) in [5.74, 6) is 0.335. The summed E-state index contributed by atoms with van der Waals surface area (Å²) in [5, 5.41) is 3.18. The van der Waals surface area contributed by atoms with Gasteiger partial charge in [-0.05, 0) is 18.1 Å². The molecule has 19 heavy (non-hydrogen) atoms. The van der Waals surface area contributed by atoms with Crippen LogP contribution in [-0.2, 0) is 13.0 Å². The minimum atomic E-state index is -2.55. The van der Waals surface area contributed by atoms with Crippen LogP contribution in [0.1, 0.15) is 31.3 Å². The summed E-state index contributed by atoms with van der Waals surface area (Å²) < 4.78 is 26.2. The number of benzene rings is 1. The predicted octanol–water partition coefficient (Wildman–Crippen LogP) is 3.84. The number of aromatic nitrogens is 2. The van der Waals surface area contributed by atoms with Gasteiger partial charge in [-0.2, -0.15) is 8.78 Å². The fourth-order valence-electron chi connectivity index (χ4n) is 2.01. The van der Waals surface area contributed by atoms with Gasteiger partial charge in [-0.25, -0.2) is 4.98 Å². The van der Waals surface area contributed by atoms with Crippen LogP contribution in [-0.4, -0.2) is 9.55 Å². The molecule has 1 N–H and O–H groups in total. The van der Waals surface area contributed by atoms with Gasteiger partial charge >= 0.3 is 6.55 Å². The van der Waals surface area contributed by atoms with E-state index in [4.69, 9.17) is 0 Å². The van der Waals surface area contributed by atoms with Gasteiger partial charge in [0.05, 0.1) is 6.54 Å². The number of anilines is 1. The molecule has 2 rings (SSSR count). The Hall–Kier alpha value is -1.91. The topological polar surface area (TPSA) is 29.9 Å². The van der Waals surface area contributed by atoms with Crippen molar-refractivity contribution in [2.24, 2.45) is 0 Å². The van der Waals surface area contributed by atoms with Crippen LogP contribution >= 0.6 is 0 Å². The lowest BCUT2D eigenvalue weighted by molar-refractivity contribution is 0.0673. The monoisotopic (exact) mass is 265 g/mol. The second-order valence-corrected chi connectivity index (χ2v) is 4.29. The van der Waals surface area contributed by atoms with Crippen LogP contribution in [0.2, 0.25) is 0 Å². The van der Waals surface area contributed by atoms with Crippen LogP contribution in [0, 0.1) is 0 Å². The van der Waals surface area contributed by atoms with Crippen molar-refractivity contribution < 1.29 is 8.78 Å². The molecule has 2 aromatic rings. The van der Waals surface area contributed by atoms with E-state index in [0.717, 1.165) is 23.1 Å². The highest BCUT2D eigenvalue weighted by molar-refractivity contribution is 5.51. The van der Waals surface area contributed by atoms with E-state index in [1.54, 1.807) is 0 Å². The second-order valence-electron chi connectivity index (χ2n) is 4.29. The average Bonchev–Trinajstić information content (AvgIpc) is 2.86. The Balaban J connectivity index is 2.08. The molecule has 1 aromatic carbocycles. The maximum atomic E-state index is 12.7. The first kappa shape index (κ1) is 13.5. The van der Waals surface area contributed by atoms with E-state index in [0.29, 0.717) is 5.82 Å². The molecule has 0 unspecified atom stereocenters. The summed E-state index contributed by atoms with van der Waals surface area (Å²) >= 11 is 0. The molecule has 102 valence electrons. The first-order valence-corrected chi connectivity index (χ1v) is 6.34. The summed E-state index contributed by atoms with van der Waals surface area (Å²) in [6, 6.07) is 7.92. The van der Waals surface area contributed by atoms with Gasteiger partial charge in [0.1, 0.15) is 5.82 Å². The summed E-state index contributed by atoms with van der Waals surface area (Å²) in [5.41, 5.74) is 2.17. The first-order valence-electron chi connectivity index (χ1n) is 6.34. The molecule has 0 bridgehead atoms. The van der Waals surface area contributed by atoms with Crippen LogP contribution in [0.15, 0.2) is 36.7 Å². The molecule has 0 amide bonds. The van der Waals surface area contributed by atoms with Gasteiger partial charge in [-0.3, -0.25) is 4.57 Å². The van der Waals surface area contributed by atoms with Gasteiger partial charge in [-0.15, -0.1) is 0 Å². The summed E-state index contributed by atoms with van der Waals surface area (Å²) in [7, 11) is 0. The minimum absolute atomic E-state index is 0.290. The molecule has 5 heteroatoms. The Bertz CT molecular complexity index is 523. The Morgan fingerprint density at radius 2 is 2.11 bits per heavy atom. The molecule has 1 aromatic heterocycles. The first-order chi connectivity index (χ1) is 9.22. The molecule has 0 aliphatic heterocycles. The van der Waals surface area contributed by atoms with Gasteiger partial charge in [-0.1, -0.05) is 31.5 Å². The van der Waals surface area contributed by atoms with Crippen molar-refractivity contribution in [3.8, 4) is 0 Å². The van der Waals surface area contributed by atoms with E-state index in [2.05, 4.69) is 17.2 Å². The third kappa shape index (κ3) is 3.30. The zero-order valence-electron chi connectivity index (χ0n) is 10.8. The van der Waals surface area contributed by atoms with E-state index < -0.39 is 6.55 Å². The summed E-state index contributed by atoms with van der Waals surface area (Å²) in [6.07, 6.45) is 4.69. The van der Waals surface area contributed by atoms with Crippen LogP contribution in [0.3, 0.4) is 0 Å². The molecule has 0 spiro atoms. The fraction of sp³-hybridized carbons (Fsp3) is 0.357. The molecule has 0 radical (unpaired) electrons. The van der Waals surface area contributed by atoms with E-state index in [1.807, 2.05) is 24.3 Å². The number of imidazole rings is 1. The van der Waals surface area contributed by atoms with Crippen molar-refractivity contribution in [1.82, 2.24) is 9.55 Å². The molecule has 0 aliphatic carbocycles. The highest BCUT2D eigenvalue weighted by atomic mass is 19.3. The number of hydrogen-bond donors (Lipinski definition) is 1. The van der Waals surface area contributed by atoms with Crippen molar-refractivity contribution in [3.63, 3.8) is 0 Å². The molecular weight excluding hydrogens is 248 g/mol. The SMILES string of the molecule is CCCc1ccccc1NCc1nccn1C(F)F. The van der Waals surface area contributed by atoms with Crippen molar-refractivity contribution in [2.45, 2.75) is 32.9 Å². The Morgan fingerprint density at radius 1 is 1.32 bits per heavy atom. The van der Waals surface area contributed by atoms with Crippen molar-refractivity contribution in [1.29, 1.82) is 0 Å². The van der Waals surface area contributed by atoms with Crippen molar-refractivity contribution in [2.75, 3.05) is 5.32 Å². The maximum Gasteiger partial charge on any atom is 0.319 e. The van der Waals surface area contributed by atoms with Crippen LogP contribution < -0.4 is 5.32 Å². The third-order valence-electron chi connectivity index (χ3n) is 2.93. The van der Waals surface area contributed by atoms with Gasteiger partial charge in [0.25, 0.3) is 0 Å². The highest BCUT2D eigenvalue weighted by Crippen LogP contribution is 2.18. The standard InChI is InChI=1S/C14H17F2N3/c1-2-5-11-6-3-4-7-12(11)18-10-13-17-8-9-19(13)14(15)16/h3-4,6-9,14,18H,2,5,10H2,1H3. The molecule has 0 saturated heterocycles. The molecule has 1 heterocycles. The number of para-hydroxylation sites is 1. The van der Waals surface area contributed by atoms with Crippen LogP contribution in [0.4, 0.5) is 14.5 Å². The number of rotatable bonds is 6. The van der Waals surface area contributed by atoms with Crippen LogP contribution in [0.25, 0.3) is 0 Å². The lowest BCUT2D eigenvalue weighted by Gasteiger charge is -2.12. The Kier molecular flexibility index (Phi) is 4.49. The number of aryl methyl sites for hydroxylation is 1. The quantitative estimate of drug-likeness (QED) is 0.860. The smallest absolute Gasteiger partial charge is 0.319 e. The normalized spacial score (nSPS) is 10.9. The highest BCUT2D eigenvalue weighted by Gasteiger charge is 2.11. The van der Waals surface area contributed by atoms with Gasteiger partial charge in [0.2, 0.25) is 0 Å². The van der Waals surface area contributed by atoms with Gasteiger partial charge in [0, 0.05) is 18.1 Å². The summed E-state index contributed by atoms with van der Waals surface area (Å²) in [4.78, 5) is 3.95.